The number of aliphatic hydroxyl groups is 1. The molecule has 0 fully saturated rings. The van der Waals surface area contributed by atoms with Crippen LogP contribution in [0.5, 0.6) is 0 Å². The number of nitrogens with zero attached hydrogens (tertiary/aromatic N) is 4. The highest BCUT2D eigenvalue weighted by Gasteiger charge is 2.10. The predicted octanol–water partition coefficient (Wildman–Crippen LogP) is 0.00820. The molecule has 0 spiro atoms. The number of imidazole rings is 1. The van der Waals surface area contributed by atoms with Gasteiger partial charge in [0.15, 0.2) is 11.5 Å². The lowest BCUT2D eigenvalue weighted by Crippen LogP contribution is -2.17. The number of alkyl halides is 1. The van der Waals surface area contributed by atoms with Crippen LogP contribution in [0.3, 0.4) is 0 Å². The molecule has 0 aliphatic heterocycles. The summed E-state index contributed by atoms with van der Waals surface area (Å²) in [6, 6.07) is 0. The number of hydrogen-bond acceptors (Lipinski definition) is 5. The Morgan fingerprint density at radius 1 is 1.47 bits per heavy atom. The first-order valence-electron chi connectivity index (χ1n) is 4.37. The van der Waals surface area contributed by atoms with Crippen molar-refractivity contribution in [3.8, 4) is 0 Å². The van der Waals surface area contributed by atoms with Crippen molar-refractivity contribution in [2.75, 3.05) is 11.6 Å². The molecule has 1 atom stereocenters. The molecule has 7 heteroatoms. The monoisotopic (exact) mass is 227 g/mol. The first-order chi connectivity index (χ1) is 7.22. The van der Waals surface area contributed by atoms with E-state index in [1.807, 2.05) is 0 Å². The smallest absolute Gasteiger partial charge is 0.165 e. The van der Waals surface area contributed by atoms with Crippen molar-refractivity contribution in [1.29, 1.82) is 0 Å². The Balaban J connectivity index is 2.41. The average Bonchev–Trinajstić information content (AvgIpc) is 2.63. The van der Waals surface area contributed by atoms with Crippen LogP contribution in [-0.4, -0.2) is 36.6 Å². The number of rotatable bonds is 3. The van der Waals surface area contributed by atoms with Crippen LogP contribution in [0.25, 0.3) is 11.2 Å². The summed E-state index contributed by atoms with van der Waals surface area (Å²) in [6.07, 6.45) is 2.30. The first kappa shape index (κ1) is 10.1. The minimum absolute atomic E-state index is 0.167. The molecule has 2 aromatic rings. The summed E-state index contributed by atoms with van der Waals surface area (Å²) in [5.74, 6) is 0.499. The highest BCUT2D eigenvalue weighted by atomic mass is 35.5. The minimum Gasteiger partial charge on any atom is -0.390 e. The normalized spacial score (nSPS) is 13.2. The fraction of sp³-hybridized carbons (Fsp3) is 0.375. The number of fused-ring (bicyclic) bond motifs is 1. The third kappa shape index (κ3) is 1.86. The average molecular weight is 228 g/mol. The molecule has 80 valence electrons. The van der Waals surface area contributed by atoms with Gasteiger partial charge in [-0.1, -0.05) is 0 Å². The van der Waals surface area contributed by atoms with Crippen LogP contribution in [0, 0.1) is 0 Å². The lowest BCUT2D eigenvalue weighted by molar-refractivity contribution is 0.178. The van der Waals surface area contributed by atoms with E-state index in [2.05, 4.69) is 15.0 Å². The van der Waals surface area contributed by atoms with Crippen molar-refractivity contribution in [3.05, 3.63) is 12.7 Å². The highest BCUT2D eigenvalue weighted by molar-refractivity contribution is 6.18. The Hall–Kier alpha value is -1.40. The number of nitrogens with two attached hydrogens (primary N) is 1. The van der Waals surface area contributed by atoms with Crippen LogP contribution in [-0.2, 0) is 6.54 Å². The van der Waals surface area contributed by atoms with Crippen molar-refractivity contribution >= 4 is 28.6 Å². The molecule has 2 aromatic heterocycles. The van der Waals surface area contributed by atoms with Crippen molar-refractivity contribution < 1.29 is 5.11 Å². The first-order valence-corrected chi connectivity index (χ1v) is 4.91. The lowest BCUT2D eigenvalue weighted by Gasteiger charge is -2.07. The molecule has 0 radical (unpaired) electrons. The van der Waals surface area contributed by atoms with Crippen molar-refractivity contribution in [2.45, 2.75) is 12.6 Å². The molecule has 2 heterocycles. The zero-order valence-electron chi connectivity index (χ0n) is 7.84. The number of aromatic nitrogens is 4. The second kappa shape index (κ2) is 4.00. The predicted molar refractivity (Wildman–Crippen MR) is 56.5 cm³/mol. The molecule has 0 aliphatic rings. The number of anilines is 1. The summed E-state index contributed by atoms with van der Waals surface area (Å²) >= 11 is 5.51. The second-order valence-corrected chi connectivity index (χ2v) is 3.44. The Kier molecular flexibility index (Phi) is 2.70. The molecule has 0 saturated heterocycles. The molecule has 6 nitrogen and oxygen atoms in total. The van der Waals surface area contributed by atoms with Crippen LogP contribution in [0.1, 0.15) is 0 Å². The van der Waals surface area contributed by atoms with Gasteiger partial charge in [0.05, 0.1) is 24.9 Å². The zero-order valence-corrected chi connectivity index (χ0v) is 8.59. The van der Waals surface area contributed by atoms with E-state index in [0.29, 0.717) is 23.5 Å². The number of aliphatic hydroxyl groups excluding tert-OH is 1. The van der Waals surface area contributed by atoms with Gasteiger partial charge in [0.25, 0.3) is 0 Å². The number of nitrogen functional groups attached to an aromatic ring is 1. The fourth-order valence-corrected chi connectivity index (χ4v) is 1.41. The van der Waals surface area contributed by atoms with Crippen LogP contribution >= 0.6 is 11.6 Å². The highest BCUT2D eigenvalue weighted by Crippen LogP contribution is 2.14. The standard InChI is InChI=1S/C8H10ClN5O/c9-1-5(15)2-14-4-13-6-7(10)11-3-12-8(6)14/h3-5,15H,1-2H2,(H2,10,11,12). The Morgan fingerprint density at radius 3 is 3.00 bits per heavy atom. The maximum atomic E-state index is 9.40. The van der Waals surface area contributed by atoms with Gasteiger partial charge in [-0.3, -0.25) is 0 Å². The summed E-state index contributed by atoms with van der Waals surface area (Å²) in [5, 5.41) is 9.40. The molecule has 2 rings (SSSR count). The molecule has 0 bridgehead atoms. The van der Waals surface area contributed by atoms with E-state index >= 15 is 0 Å². The molecule has 3 N–H and O–H groups in total. The van der Waals surface area contributed by atoms with E-state index in [0.717, 1.165) is 0 Å². The quantitative estimate of drug-likeness (QED) is 0.721. The second-order valence-electron chi connectivity index (χ2n) is 3.14. The van der Waals surface area contributed by atoms with Gasteiger partial charge in [-0.25, -0.2) is 15.0 Å². The van der Waals surface area contributed by atoms with Gasteiger partial charge < -0.3 is 15.4 Å². The third-order valence-corrected chi connectivity index (χ3v) is 2.37. The largest absolute Gasteiger partial charge is 0.390 e. The molecule has 0 amide bonds. The van der Waals surface area contributed by atoms with Crippen LogP contribution in [0.2, 0.25) is 0 Å². The number of hydrogen-bond donors (Lipinski definition) is 2. The molecule has 15 heavy (non-hydrogen) atoms. The Bertz CT molecular complexity index is 471. The SMILES string of the molecule is Nc1ncnc2c1ncn2CC(O)CCl. The van der Waals surface area contributed by atoms with Gasteiger partial charge in [0.2, 0.25) is 0 Å². The third-order valence-electron chi connectivity index (χ3n) is 2.02. The summed E-state index contributed by atoms with van der Waals surface area (Å²) in [5.41, 5.74) is 6.76. The topological polar surface area (TPSA) is 89.9 Å². The molecular formula is C8H10ClN5O. The number of halogens is 1. The Morgan fingerprint density at radius 2 is 2.27 bits per heavy atom. The summed E-state index contributed by atoms with van der Waals surface area (Å²) in [7, 11) is 0. The van der Waals surface area contributed by atoms with Crippen LogP contribution in [0.15, 0.2) is 12.7 Å². The molecule has 0 aromatic carbocycles. The van der Waals surface area contributed by atoms with Crippen molar-refractivity contribution in [1.82, 2.24) is 19.5 Å². The summed E-state index contributed by atoms with van der Waals surface area (Å²) < 4.78 is 1.69. The van der Waals surface area contributed by atoms with Gasteiger partial charge in [0, 0.05) is 0 Å². The van der Waals surface area contributed by atoms with Crippen LogP contribution < -0.4 is 5.73 Å². The van der Waals surface area contributed by atoms with Gasteiger partial charge >= 0.3 is 0 Å². The van der Waals surface area contributed by atoms with Gasteiger partial charge in [-0.15, -0.1) is 11.6 Å². The van der Waals surface area contributed by atoms with Crippen molar-refractivity contribution in [2.24, 2.45) is 0 Å². The van der Waals surface area contributed by atoms with E-state index in [1.165, 1.54) is 6.33 Å². The maximum absolute atomic E-state index is 9.40. The minimum atomic E-state index is -0.625. The van der Waals surface area contributed by atoms with E-state index in [9.17, 15) is 5.11 Å². The maximum Gasteiger partial charge on any atom is 0.165 e. The van der Waals surface area contributed by atoms with E-state index in [-0.39, 0.29) is 5.88 Å². The molecule has 0 aliphatic carbocycles. The van der Waals surface area contributed by atoms with E-state index in [1.54, 1.807) is 10.9 Å². The van der Waals surface area contributed by atoms with E-state index in [4.69, 9.17) is 17.3 Å². The molecular weight excluding hydrogens is 218 g/mol. The molecule has 1 unspecified atom stereocenters. The fourth-order valence-electron chi connectivity index (χ4n) is 1.31. The van der Waals surface area contributed by atoms with Crippen molar-refractivity contribution in [3.63, 3.8) is 0 Å². The van der Waals surface area contributed by atoms with Gasteiger partial charge in [-0.2, -0.15) is 0 Å². The summed E-state index contributed by atoms with van der Waals surface area (Å²) in [4.78, 5) is 11.9. The van der Waals surface area contributed by atoms with Crippen LogP contribution in [0.4, 0.5) is 5.82 Å². The molecule has 0 saturated carbocycles. The zero-order chi connectivity index (χ0) is 10.8. The summed E-state index contributed by atoms with van der Waals surface area (Å²) in [6.45, 7) is 0.344. The van der Waals surface area contributed by atoms with Gasteiger partial charge in [0.1, 0.15) is 11.8 Å². The van der Waals surface area contributed by atoms with E-state index < -0.39 is 6.10 Å². The Labute approximate surface area is 90.7 Å². The van der Waals surface area contributed by atoms with Gasteiger partial charge in [-0.05, 0) is 0 Å². The lowest BCUT2D eigenvalue weighted by atomic mass is 10.4.